The Kier molecular flexibility index (Phi) is 4.46. The highest BCUT2D eigenvalue weighted by molar-refractivity contribution is 5.96. The molecule has 126 valence electrons. The summed E-state index contributed by atoms with van der Waals surface area (Å²) in [5.74, 6) is 0. The van der Waals surface area contributed by atoms with E-state index in [1.165, 1.54) is 5.57 Å². The third kappa shape index (κ3) is 3.09. The lowest BCUT2D eigenvalue weighted by Crippen LogP contribution is -2.40. The third-order valence-corrected chi connectivity index (χ3v) is 4.24. The molecule has 1 aliphatic heterocycles. The van der Waals surface area contributed by atoms with Crippen LogP contribution in [-0.4, -0.2) is 29.2 Å². The molecule has 5 heteroatoms. The zero-order valence-corrected chi connectivity index (χ0v) is 13.9. The second kappa shape index (κ2) is 6.55. The van der Waals surface area contributed by atoms with Gasteiger partial charge in [0.1, 0.15) is 12.5 Å². The van der Waals surface area contributed by atoms with Crippen molar-refractivity contribution >= 4 is 28.7 Å². The molecule has 0 aliphatic carbocycles. The van der Waals surface area contributed by atoms with Crippen molar-refractivity contribution in [3.05, 3.63) is 53.6 Å². The van der Waals surface area contributed by atoms with Crippen molar-refractivity contribution in [1.29, 1.82) is 0 Å². The number of nitrogens with two attached hydrogens (primary N) is 1. The zero-order chi connectivity index (χ0) is 17.3. The van der Waals surface area contributed by atoms with Gasteiger partial charge in [-0.05, 0) is 49.3 Å². The third-order valence-electron chi connectivity index (χ3n) is 4.24. The first-order valence-electron chi connectivity index (χ1n) is 8.05. The minimum absolute atomic E-state index is 0.749. The van der Waals surface area contributed by atoms with Crippen LogP contribution >= 0.6 is 0 Å². The van der Waals surface area contributed by atoms with Gasteiger partial charge in [0.2, 0.25) is 0 Å². The summed E-state index contributed by atoms with van der Waals surface area (Å²) < 4.78 is 0. The van der Waals surface area contributed by atoms with E-state index in [0.29, 0.717) is 0 Å². The monoisotopic (exact) mass is 325 g/mol. The maximum absolute atomic E-state index is 9.80. The van der Waals surface area contributed by atoms with Gasteiger partial charge in [0.05, 0.1) is 11.4 Å². The second-order valence-corrected chi connectivity index (χ2v) is 6.06. The summed E-state index contributed by atoms with van der Waals surface area (Å²) in [4.78, 5) is 1.55. The number of rotatable bonds is 4. The SMILES string of the molecule is CC(O)N(c1ccc(C=C2CNc3c(N)cccc32)cc1)C(C)O. The fourth-order valence-corrected chi connectivity index (χ4v) is 3.13. The van der Waals surface area contributed by atoms with Gasteiger partial charge in [0.15, 0.2) is 0 Å². The van der Waals surface area contributed by atoms with E-state index in [9.17, 15) is 10.2 Å². The Balaban J connectivity index is 1.87. The number of nitrogens with zero attached hydrogens (tertiary/aromatic N) is 1. The van der Waals surface area contributed by atoms with Crippen molar-refractivity contribution in [1.82, 2.24) is 0 Å². The van der Waals surface area contributed by atoms with E-state index in [4.69, 9.17) is 5.73 Å². The first-order chi connectivity index (χ1) is 11.5. The van der Waals surface area contributed by atoms with Gasteiger partial charge in [-0.15, -0.1) is 0 Å². The average molecular weight is 325 g/mol. The van der Waals surface area contributed by atoms with Gasteiger partial charge >= 0.3 is 0 Å². The number of hydrogen-bond donors (Lipinski definition) is 4. The summed E-state index contributed by atoms with van der Waals surface area (Å²) in [6.07, 6.45) is 0.600. The number of benzene rings is 2. The van der Waals surface area contributed by atoms with Crippen molar-refractivity contribution in [3.8, 4) is 0 Å². The summed E-state index contributed by atoms with van der Waals surface area (Å²) in [6, 6.07) is 13.7. The number of para-hydroxylation sites is 1. The lowest BCUT2D eigenvalue weighted by atomic mass is 10.0. The van der Waals surface area contributed by atoms with E-state index < -0.39 is 12.5 Å². The van der Waals surface area contributed by atoms with Crippen LogP contribution < -0.4 is 16.0 Å². The van der Waals surface area contributed by atoms with E-state index in [-0.39, 0.29) is 0 Å². The van der Waals surface area contributed by atoms with Gasteiger partial charge in [-0.1, -0.05) is 24.3 Å². The summed E-state index contributed by atoms with van der Waals surface area (Å²) in [6.45, 7) is 4.01. The lowest BCUT2D eigenvalue weighted by Gasteiger charge is -2.30. The van der Waals surface area contributed by atoms with Crippen LogP contribution in [0.2, 0.25) is 0 Å². The molecule has 1 aliphatic rings. The Hall–Kier alpha value is -2.50. The molecule has 5 N–H and O–H groups in total. The topological polar surface area (TPSA) is 81.8 Å². The largest absolute Gasteiger partial charge is 0.397 e. The van der Waals surface area contributed by atoms with Crippen molar-refractivity contribution in [3.63, 3.8) is 0 Å². The predicted molar refractivity (Wildman–Crippen MR) is 99.5 cm³/mol. The van der Waals surface area contributed by atoms with Gasteiger partial charge in [0.25, 0.3) is 0 Å². The van der Waals surface area contributed by atoms with Gasteiger partial charge < -0.3 is 26.2 Å². The number of aliphatic hydroxyl groups is 2. The molecule has 0 spiro atoms. The Morgan fingerprint density at radius 3 is 2.38 bits per heavy atom. The van der Waals surface area contributed by atoms with Crippen molar-refractivity contribution in [2.24, 2.45) is 0 Å². The molecule has 5 nitrogen and oxygen atoms in total. The molecule has 0 saturated heterocycles. The van der Waals surface area contributed by atoms with Crippen LogP contribution in [0, 0.1) is 0 Å². The molecule has 0 aromatic heterocycles. The van der Waals surface area contributed by atoms with Crippen LogP contribution in [0.4, 0.5) is 17.1 Å². The molecule has 0 saturated carbocycles. The highest BCUT2D eigenvalue weighted by Crippen LogP contribution is 2.36. The van der Waals surface area contributed by atoms with Crippen LogP contribution in [0.5, 0.6) is 0 Å². The van der Waals surface area contributed by atoms with Crippen LogP contribution in [-0.2, 0) is 0 Å². The first-order valence-corrected chi connectivity index (χ1v) is 8.05. The Morgan fingerprint density at radius 2 is 1.75 bits per heavy atom. The van der Waals surface area contributed by atoms with E-state index in [1.54, 1.807) is 18.7 Å². The van der Waals surface area contributed by atoms with Crippen LogP contribution in [0.1, 0.15) is 25.0 Å². The van der Waals surface area contributed by atoms with Crippen molar-refractivity contribution < 1.29 is 10.2 Å². The molecule has 2 unspecified atom stereocenters. The van der Waals surface area contributed by atoms with Crippen LogP contribution in [0.25, 0.3) is 11.6 Å². The van der Waals surface area contributed by atoms with Crippen LogP contribution in [0.15, 0.2) is 42.5 Å². The number of nitrogens with one attached hydrogen (secondary N) is 1. The van der Waals surface area contributed by atoms with Gasteiger partial charge in [-0.25, -0.2) is 0 Å². The molecule has 0 bridgehead atoms. The van der Waals surface area contributed by atoms with E-state index in [2.05, 4.69) is 17.5 Å². The molecular formula is C19H23N3O2. The van der Waals surface area contributed by atoms with Gasteiger partial charge in [-0.3, -0.25) is 0 Å². The molecule has 0 radical (unpaired) electrons. The smallest absolute Gasteiger partial charge is 0.126 e. The molecule has 3 rings (SSSR count). The fraction of sp³-hybridized carbons (Fsp3) is 0.263. The van der Waals surface area contributed by atoms with Crippen molar-refractivity contribution in [2.45, 2.75) is 26.3 Å². The van der Waals surface area contributed by atoms with E-state index >= 15 is 0 Å². The first kappa shape index (κ1) is 16.4. The Morgan fingerprint density at radius 1 is 1.08 bits per heavy atom. The Labute approximate surface area is 142 Å². The second-order valence-electron chi connectivity index (χ2n) is 6.06. The highest BCUT2D eigenvalue weighted by atomic mass is 16.3. The molecule has 2 aromatic rings. The molecular weight excluding hydrogens is 302 g/mol. The maximum atomic E-state index is 9.80. The summed E-state index contributed by atoms with van der Waals surface area (Å²) in [5, 5.41) is 22.9. The quantitative estimate of drug-likeness (QED) is 0.513. The summed E-state index contributed by atoms with van der Waals surface area (Å²) in [7, 11) is 0. The standard InChI is InChI=1S/C19H23N3O2/c1-12(23)22(13(2)24)16-8-6-14(7-9-16)10-15-11-21-19-17(15)4-3-5-18(19)20/h3-10,12-13,21,23-24H,11,20H2,1-2H3. The highest BCUT2D eigenvalue weighted by Gasteiger charge is 2.18. The number of hydrogen-bond acceptors (Lipinski definition) is 5. The maximum Gasteiger partial charge on any atom is 0.126 e. The summed E-state index contributed by atoms with van der Waals surface area (Å²) >= 11 is 0. The normalized spacial score (nSPS) is 17.2. The van der Waals surface area contributed by atoms with E-state index in [1.807, 2.05) is 36.4 Å². The minimum Gasteiger partial charge on any atom is -0.397 e. The zero-order valence-electron chi connectivity index (χ0n) is 13.9. The fourth-order valence-electron chi connectivity index (χ4n) is 3.13. The molecule has 0 amide bonds. The van der Waals surface area contributed by atoms with Crippen molar-refractivity contribution in [2.75, 3.05) is 22.5 Å². The molecule has 2 atom stereocenters. The minimum atomic E-state index is -0.761. The summed E-state index contributed by atoms with van der Waals surface area (Å²) in [5.41, 5.74) is 11.9. The lowest BCUT2D eigenvalue weighted by molar-refractivity contribution is 0.105. The molecule has 24 heavy (non-hydrogen) atoms. The molecule has 0 fully saturated rings. The molecule has 2 aromatic carbocycles. The Bertz CT molecular complexity index is 744. The number of nitrogen functional groups attached to an aromatic ring is 1. The van der Waals surface area contributed by atoms with Crippen LogP contribution in [0.3, 0.4) is 0 Å². The number of aliphatic hydroxyl groups excluding tert-OH is 2. The average Bonchev–Trinajstić information content (AvgIpc) is 2.93. The van der Waals surface area contributed by atoms with E-state index in [0.717, 1.165) is 34.7 Å². The predicted octanol–water partition coefficient (Wildman–Crippen LogP) is 2.72. The molecule has 1 heterocycles. The van der Waals surface area contributed by atoms with Gasteiger partial charge in [-0.2, -0.15) is 0 Å². The number of anilines is 3. The van der Waals surface area contributed by atoms with Gasteiger partial charge in [0, 0.05) is 17.8 Å². The number of fused-ring (bicyclic) bond motifs is 1.